The Morgan fingerprint density at radius 2 is 0.310 bits per heavy atom. The molecule has 0 aromatic carbocycles. The van der Waals surface area contributed by atoms with Crippen LogP contribution < -0.4 is 0 Å². The van der Waals surface area contributed by atoms with Crippen molar-refractivity contribution in [3.05, 3.63) is 0 Å². The Hall–Kier alpha value is 1.73. The minimum atomic E-state index is -1.36. The molecular formula is C12H40NiO12P4+4. The van der Waals surface area contributed by atoms with Crippen molar-refractivity contribution in [1.29, 1.82) is 0 Å². The molecule has 0 bridgehead atoms. The molecule has 0 heterocycles. The molecule has 0 aliphatic heterocycles. The molecule has 17 heteroatoms. The van der Waals surface area contributed by atoms with E-state index >= 15 is 0 Å². The summed E-state index contributed by atoms with van der Waals surface area (Å²) in [4.78, 5) is 0. The van der Waals surface area contributed by atoms with Gasteiger partial charge in [0.25, 0.3) is 0 Å². The van der Waals surface area contributed by atoms with Crippen LogP contribution in [0.4, 0.5) is 0 Å². The second-order valence-corrected chi connectivity index (χ2v) is 10.3. The third-order valence-electron chi connectivity index (χ3n) is 2.00. The van der Waals surface area contributed by atoms with E-state index in [1.807, 2.05) is 0 Å². The monoisotopic (exact) mass is 558 g/mol. The van der Waals surface area contributed by atoms with E-state index in [1.165, 1.54) is 0 Å². The van der Waals surface area contributed by atoms with Gasteiger partial charge in [0.1, 0.15) is 0 Å². The van der Waals surface area contributed by atoms with Crippen molar-refractivity contribution in [2.24, 2.45) is 0 Å². The van der Waals surface area contributed by atoms with Gasteiger partial charge in [0, 0.05) is 16.5 Å². The molecular weight excluding hydrogens is 519 g/mol. The molecule has 29 heavy (non-hydrogen) atoms. The molecule has 12 nitrogen and oxygen atoms in total. The van der Waals surface area contributed by atoms with Crippen LogP contribution in [0, 0.1) is 0 Å². The summed E-state index contributed by atoms with van der Waals surface area (Å²) in [6, 6.07) is 0. The predicted molar refractivity (Wildman–Crippen MR) is 117 cm³/mol. The van der Waals surface area contributed by atoms with Crippen molar-refractivity contribution in [3.8, 4) is 0 Å². The summed E-state index contributed by atoms with van der Waals surface area (Å²) >= 11 is 0. The van der Waals surface area contributed by atoms with Gasteiger partial charge in [-0.3, -0.25) is 0 Å². The second kappa shape index (κ2) is 37.1. The predicted octanol–water partition coefficient (Wildman–Crippen LogP) is 3.54. The van der Waals surface area contributed by atoms with Crippen LogP contribution in [0.3, 0.4) is 0 Å². The van der Waals surface area contributed by atoms with Crippen LogP contribution in [-0.2, 0) is 70.8 Å². The summed E-state index contributed by atoms with van der Waals surface area (Å²) in [5.41, 5.74) is 0. The first-order valence-corrected chi connectivity index (χ1v) is 12.2. The van der Waals surface area contributed by atoms with Gasteiger partial charge in [-0.05, 0) is 0 Å². The van der Waals surface area contributed by atoms with Crippen LogP contribution in [0.15, 0.2) is 0 Å². The van der Waals surface area contributed by atoms with E-state index in [1.54, 1.807) is 85.3 Å². The van der Waals surface area contributed by atoms with E-state index in [4.69, 9.17) is 54.3 Å². The van der Waals surface area contributed by atoms with Gasteiger partial charge in [-0.25, -0.2) is 0 Å². The summed E-state index contributed by atoms with van der Waals surface area (Å²) in [5.74, 6) is 0. The van der Waals surface area contributed by atoms with Gasteiger partial charge in [0.15, 0.2) is 0 Å². The van der Waals surface area contributed by atoms with Crippen molar-refractivity contribution >= 4 is 34.4 Å². The van der Waals surface area contributed by atoms with E-state index in [9.17, 15) is 0 Å². The normalized spacial score (nSPS) is 9.93. The van der Waals surface area contributed by atoms with E-state index in [0.29, 0.717) is 0 Å². The Morgan fingerprint density at radius 1 is 0.241 bits per heavy atom. The van der Waals surface area contributed by atoms with Crippen molar-refractivity contribution in [2.45, 2.75) is 0 Å². The average Bonchev–Trinajstić information content (AvgIpc) is 2.75. The van der Waals surface area contributed by atoms with Gasteiger partial charge in [-0.2, -0.15) is 54.3 Å². The molecule has 0 aromatic heterocycles. The fraction of sp³-hybridized carbons (Fsp3) is 1.00. The first-order valence-electron chi connectivity index (χ1n) is 7.35. The quantitative estimate of drug-likeness (QED) is 0.258. The third-order valence-corrected chi connectivity index (χ3v) is 6.00. The fourth-order valence-corrected chi connectivity index (χ4v) is 3.00. The summed E-state index contributed by atoms with van der Waals surface area (Å²) in [5, 5.41) is 0. The molecule has 0 saturated heterocycles. The summed E-state index contributed by atoms with van der Waals surface area (Å²) in [6.45, 7) is 0. The zero-order valence-electron chi connectivity index (χ0n) is 19.2. The van der Waals surface area contributed by atoms with E-state index < -0.39 is 34.4 Å². The van der Waals surface area contributed by atoms with E-state index in [-0.39, 0.29) is 16.5 Å². The molecule has 0 saturated carbocycles. The van der Waals surface area contributed by atoms with Crippen LogP contribution >= 0.6 is 34.4 Å². The molecule has 0 radical (unpaired) electrons. The van der Waals surface area contributed by atoms with Crippen molar-refractivity contribution in [3.63, 3.8) is 0 Å². The maximum atomic E-state index is 4.71. The molecule has 0 spiro atoms. The number of hydrogen-bond donors (Lipinski definition) is 0. The molecule has 0 aliphatic rings. The van der Waals surface area contributed by atoms with Gasteiger partial charge in [-0.15, -0.1) is 0 Å². The van der Waals surface area contributed by atoms with Crippen LogP contribution in [0.1, 0.15) is 0 Å². The summed E-state index contributed by atoms with van der Waals surface area (Å²) in [7, 11) is 13.2. The molecule has 0 aromatic rings. The topological polar surface area (TPSA) is 111 Å². The maximum Gasteiger partial charge on any atom is 0.397 e. The van der Waals surface area contributed by atoms with Crippen molar-refractivity contribution in [1.82, 2.24) is 0 Å². The number of hydrogen-bond acceptors (Lipinski definition) is 12. The minimum absolute atomic E-state index is 0. The van der Waals surface area contributed by atoms with Crippen LogP contribution in [0.5, 0.6) is 0 Å². The van der Waals surface area contributed by atoms with Crippen molar-refractivity contribution in [2.75, 3.05) is 85.3 Å². The third kappa shape index (κ3) is 34.5. The standard InChI is InChI=1S/4C3H10O3P.Ni/c4*1-4-7(5-2)6-3;/h4*7H,1-3H3;/q4*+1;. The zero-order chi connectivity index (χ0) is 22.8. The first-order chi connectivity index (χ1) is 13.4. The Morgan fingerprint density at radius 3 is 0.310 bits per heavy atom. The smallest absolute Gasteiger partial charge is 0.183 e. The van der Waals surface area contributed by atoms with Gasteiger partial charge < -0.3 is 0 Å². The van der Waals surface area contributed by atoms with Crippen LogP contribution in [0.25, 0.3) is 0 Å². The van der Waals surface area contributed by atoms with Gasteiger partial charge in [-0.1, -0.05) is 0 Å². The van der Waals surface area contributed by atoms with Crippen LogP contribution in [-0.4, -0.2) is 85.3 Å². The van der Waals surface area contributed by atoms with Gasteiger partial charge in [0.2, 0.25) is 0 Å². The second-order valence-electron chi connectivity index (χ2n) is 3.45. The number of rotatable bonds is 12. The van der Waals surface area contributed by atoms with Gasteiger partial charge in [0.05, 0.1) is 85.3 Å². The molecule has 0 N–H and O–H groups in total. The first kappa shape index (κ1) is 41.0. The Balaban J connectivity index is -0.0000000873. The maximum absolute atomic E-state index is 4.71. The molecule has 0 fully saturated rings. The Bertz CT molecular complexity index is 181. The minimum Gasteiger partial charge on any atom is -0.183 e. The molecule has 186 valence electrons. The van der Waals surface area contributed by atoms with Crippen molar-refractivity contribution < 1.29 is 70.8 Å². The molecule has 0 rings (SSSR count). The van der Waals surface area contributed by atoms with Gasteiger partial charge >= 0.3 is 34.4 Å². The Labute approximate surface area is 190 Å². The van der Waals surface area contributed by atoms with E-state index in [0.717, 1.165) is 0 Å². The zero-order valence-corrected chi connectivity index (χ0v) is 24.2. The molecule has 0 amide bonds. The molecule has 0 aliphatic carbocycles. The molecule has 0 atom stereocenters. The Kier molecular flexibility index (Phi) is 52.4. The van der Waals surface area contributed by atoms with Crippen LogP contribution in [0.2, 0.25) is 0 Å². The fourth-order valence-electron chi connectivity index (χ4n) is 1.00. The largest absolute Gasteiger partial charge is 0.397 e. The van der Waals surface area contributed by atoms with E-state index in [2.05, 4.69) is 0 Å². The molecule has 0 unspecified atom stereocenters. The average molecular weight is 559 g/mol. The summed E-state index contributed by atoms with van der Waals surface area (Å²) < 4.78 is 56.5. The summed E-state index contributed by atoms with van der Waals surface area (Å²) in [6.07, 6.45) is 0. The SMILES string of the molecule is CO[PH+](OC)OC.CO[PH+](OC)OC.CO[PH+](OC)OC.CO[PH+](OC)OC.[Ni].